The van der Waals surface area contributed by atoms with Gasteiger partial charge < -0.3 is 0 Å². The van der Waals surface area contributed by atoms with Crippen molar-refractivity contribution in [2.24, 2.45) is 0 Å². The SMILES string of the molecule is CCC(Cl)(C#N)[N+](=O)[O-]. The maximum Gasteiger partial charge on any atom is 0.379 e. The molecule has 0 fully saturated rings. The van der Waals surface area contributed by atoms with Gasteiger partial charge in [-0.2, -0.15) is 5.26 Å². The van der Waals surface area contributed by atoms with Gasteiger partial charge in [0.25, 0.3) is 0 Å². The van der Waals surface area contributed by atoms with Crippen molar-refractivity contribution < 1.29 is 4.92 Å². The number of rotatable bonds is 2. The molecule has 0 spiro atoms. The summed E-state index contributed by atoms with van der Waals surface area (Å²) in [6, 6.07) is 1.39. The van der Waals surface area contributed by atoms with Crippen LogP contribution in [0.25, 0.3) is 0 Å². The van der Waals surface area contributed by atoms with Crippen LogP contribution in [0.15, 0.2) is 0 Å². The summed E-state index contributed by atoms with van der Waals surface area (Å²) < 4.78 is 0. The largest absolute Gasteiger partial charge is 0.379 e. The molecule has 0 saturated carbocycles. The number of nitro groups is 1. The summed E-state index contributed by atoms with van der Waals surface area (Å²) in [6.45, 7) is 1.49. The van der Waals surface area contributed by atoms with Gasteiger partial charge in [-0.3, -0.25) is 10.1 Å². The van der Waals surface area contributed by atoms with Gasteiger partial charge in [0.1, 0.15) is 0 Å². The predicted octanol–water partition coefficient (Wildman–Crippen LogP) is 1.13. The zero-order chi connectivity index (χ0) is 7.49. The quantitative estimate of drug-likeness (QED) is 0.255. The van der Waals surface area contributed by atoms with Crippen molar-refractivity contribution in [2.75, 3.05) is 0 Å². The van der Waals surface area contributed by atoms with Crippen molar-refractivity contribution in [1.29, 1.82) is 5.26 Å². The Hall–Kier alpha value is -0.820. The molecule has 9 heavy (non-hydrogen) atoms. The second-order valence-electron chi connectivity index (χ2n) is 1.48. The fraction of sp³-hybridized carbons (Fsp3) is 0.750. The van der Waals surface area contributed by atoms with Crippen LogP contribution in [0.4, 0.5) is 0 Å². The first kappa shape index (κ1) is 8.18. The molecule has 0 saturated heterocycles. The Kier molecular flexibility index (Phi) is 2.41. The third-order valence-corrected chi connectivity index (χ3v) is 1.42. The Bertz CT molecular complexity index is 164. The van der Waals surface area contributed by atoms with E-state index in [1.54, 1.807) is 0 Å². The second-order valence-corrected chi connectivity index (χ2v) is 2.11. The number of hydrogen-bond donors (Lipinski definition) is 0. The van der Waals surface area contributed by atoms with E-state index in [1.807, 2.05) is 0 Å². The second kappa shape index (κ2) is 2.65. The maximum atomic E-state index is 9.93. The average Bonchev–Trinajstić information content (AvgIpc) is 1.86. The van der Waals surface area contributed by atoms with Gasteiger partial charge in [-0.05, 0) is 11.6 Å². The Morgan fingerprint density at radius 1 is 2.00 bits per heavy atom. The molecular formula is C4H5ClN2O2. The van der Waals surface area contributed by atoms with E-state index in [9.17, 15) is 10.1 Å². The van der Waals surface area contributed by atoms with Crippen LogP contribution >= 0.6 is 11.6 Å². The topological polar surface area (TPSA) is 66.9 Å². The first-order valence-electron chi connectivity index (χ1n) is 2.31. The van der Waals surface area contributed by atoms with Crippen molar-refractivity contribution in [3.63, 3.8) is 0 Å². The molecule has 0 aliphatic heterocycles. The highest BCUT2D eigenvalue weighted by Gasteiger charge is 2.38. The van der Waals surface area contributed by atoms with E-state index in [2.05, 4.69) is 0 Å². The summed E-state index contributed by atoms with van der Waals surface area (Å²) in [5, 5.41) is 18.1. The molecule has 4 nitrogen and oxygen atoms in total. The highest BCUT2D eigenvalue weighted by atomic mass is 35.5. The Balaban J connectivity index is 4.33. The van der Waals surface area contributed by atoms with Crippen LogP contribution in [-0.4, -0.2) is 9.92 Å². The van der Waals surface area contributed by atoms with Crippen molar-refractivity contribution >= 4 is 11.6 Å². The van der Waals surface area contributed by atoms with Gasteiger partial charge in [0.15, 0.2) is 6.07 Å². The molecule has 0 N–H and O–H groups in total. The van der Waals surface area contributed by atoms with Crippen molar-refractivity contribution in [2.45, 2.75) is 18.3 Å². The highest BCUT2D eigenvalue weighted by molar-refractivity contribution is 6.24. The summed E-state index contributed by atoms with van der Waals surface area (Å²) in [5.74, 6) is 0. The third kappa shape index (κ3) is 1.54. The Labute approximate surface area is 57.2 Å². The smallest absolute Gasteiger partial charge is 0.262 e. The number of halogens is 1. The standard InChI is InChI=1S/C4H5ClN2O2/c1-2-4(5,3-6)7(8)9/h2H2,1H3. The van der Waals surface area contributed by atoms with Crippen molar-refractivity contribution in [3.05, 3.63) is 10.1 Å². The molecule has 0 aliphatic rings. The summed E-state index contributed by atoms with van der Waals surface area (Å²) in [7, 11) is 0. The summed E-state index contributed by atoms with van der Waals surface area (Å²) in [5.41, 5.74) is 0. The molecule has 0 aromatic carbocycles. The molecule has 50 valence electrons. The molecule has 0 aromatic rings. The third-order valence-electron chi connectivity index (χ3n) is 0.929. The van der Waals surface area contributed by atoms with Gasteiger partial charge in [-0.25, -0.2) is 0 Å². The summed E-state index contributed by atoms with van der Waals surface area (Å²) >= 11 is 5.18. The van der Waals surface area contributed by atoms with Crippen LogP contribution < -0.4 is 0 Å². The maximum absolute atomic E-state index is 9.93. The van der Waals surface area contributed by atoms with Crippen LogP contribution in [0.1, 0.15) is 13.3 Å². The molecule has 0 amide bonds. The van der Waals surface area contributed by atoms with E-state index < -0.39 is 9.92 Å². The van der Waals surface area contributed by atoms with Gasteiger partial charge in [0.05, 0.1) is 4.92 Å². The lowest BCUT2D eigenvalue weighted by molar-refractivity contribution is -0.525. The lowest BCUT2D eigenvalue weighted by Crippen LogP contribution is -2.28. The molecule has 5 heteroatoms. The highest BCUT2D eigenvalue weighted by Crippen LogP contribution is 2.17. The number of nitrogens with zero attached hydrogens (tertiary/aromatic N) is 2. The van der Waals surface area contributed by atoms with Crippen LogP contribution in [-0.2, 0) is 0 Å². The fourth-order valence-corrected chi connectivity index (χ4v) is 0.249. The lowest BCUT2D eigenvalue weighted by atomic mass is 10.3. The zero-order valence-electron chi connectivity index (χ0n) is 4.80. The van der Waals surface area contributed by atoms with E-state index in [1.165, 1.54) is 13.0 Å². The molecular weight excluding hydrogens is 144 g/mol. The minimum Gasteiger partial charge on any atom is -0.262 e. The summed E-state index contributed by atoms with van der Waals surface area (Å²) in [6.07, 6.45) is 0.0120. The van der Waals surface area contributed by atoms with E-state index in [4.69, 9.17) is 16.9 Å². The van der Waals surface area contributed by atoms with E-state index in [0.29, 0.717) is 0 Å². The van der Waals surface area contributed by atoms with Crippen molar-refractivity contribution in [3.8, 4) is 6.07 Å². The molecule has 0 bridgehead atoms. The zero-order valence-corrected chi connectivity index (χ0v) is 5.55. The molecule has 0 aliphatic carbocycles. The normalized spacial score (nSPS) is 15.7. The van der Waals surface area contributed by atoms with E-state index in [-0.39, 0.29) is 6.42 Å². The minimum absolute atomic E-state index is 0.0120. The number of alkyl halides is 1. The van der Waals surface area contributed by atoms with E-state index in [0.717, 1.165) is 0 Å². The number of nitriles is 1. The van der Waals surface area contributed by atoms with Gasteiger partial charge in [0, 0.05) is 6.42 Å². The number of hydrogen-bond acceptors (Lipinski definition) is 3. The van der Waals surface area contributed by atoms with Crippen LogP contribution in [0.2, 0.25) is 0 Å². The average molecular weight is 149 g/mol. The molecule has 1 unspecified atom stereocenters. The Morgan fingerprint density at radius 2 is 2.44 bits per heavy atom. The minimum atomic E-state index is -1.92. The monoisotopic (exact) mass is 148 g/mol. The van der Waals surface area contributed by atoms with Gasteiger partial charge >= 0.3 is 5.00 Å². The molecule has 0 aromatic heterocycles. The van der Waals surface area contributed by atoms with Gasteiger partial charge in [0.2, 0.25) is 0 Å². The van der Waals surface area contributed by atoms with Crippen LogP contribution in [0, 0.1) is 21.4 Å². The van der Waals surface area contributed by atoms with Gasteiger partial charge in [-0.1, -0.05) is 6.92 Å². The van der Waals surface area contributed by atoms with Crippen LogP contribution in [0.5, 0.6) is 0 Å². The first-order valence-corrected chi connectivity index (χ1v) is 2.69. The molecule has 0 radical (unpaired) electrons. The summed E-state index contributed by atoms with van der Waals surface area (Å²) in [4.78, 5) is 7.22. The van der Waals surface area contributed by atoms with Gasteiger partial charge in [-0.15, -0.1) is 0 Å². The molecule has 1 atom stereocenters. The van der Waals surface area contributed by atoms with Crippen molar-refractivity contribution in [1.82, 2.24) is 0 Å². The lowest BCUT2D eigenvalue weighted by Gasteiger charge is -2.04. The van der Waals surface area contributed by atoms with Crippen LogP contribution in [0.3, 0.4) is 0 Å². The first-order chi connectivity index (χ1) is 4.06. The predicted molar refractivity (Wildman–Crippen MR) is 31.5 cm³/mol. The fourth-order valence-electron chi connectivity index (χ4n) is 0.249. The molecule has 0 rings (SSSR count). The van der Waals surface area contributed by atoms with E-state index >= 15 is 0 Å². The molecule has 0 heterocycles. The Morgan fingerprint density at radius 3 is 2.44 bits per heavy atom.